The van der Waals surface area contributed by atoms with Crippen LogP contribution in [0.2, 0.25) is 5.02 Å². The molecule has 11 heteroatoms. The Morgan fingerprint density at radius 1 is 1.46 bits per heavy atom. The summed E-state index contributed by atoms with van der Waals surface area (Å²) in [5.41, 5.74) is 0. The van der Waals surface area contributed by atoms with Gasteiger partial charge in [0.25, 0.3) is 0 Å². The van der Waals surface area contributed by atoms with Gasteiger partial charge in [-0.2, -0.15) is 0 Å². The number of nitrogens with one attached hydrogen (secondary N) is 3. The first kappa shape index (κ1) is 23.2. The topological polar surface area (TPSA) is 98.7 Å². The van der Waals surface area contributed by atoms with Gasteiger partial charge in [0.2, 0.25) is 10.0 Å². The molecule has 2 heterocycles. The Balaban J connectivity index is 0.00000338. The van der Waals surface area contributed by atoms with Crippen molar-refractivity contribution in [1.82, 2.24) is 20.3 Å². The molecule has 1 atom stereocenters. The van der Waals surface area contributed by atoms with Crippen LogP contribution in [0.1, 0.15) is 12.8 Å². The van der Waals surface area contributed by atoms with E-state index in [0.717, 1.165) is 31.6 Å². The highest BCUT2D eigenvalue weighted by molar-refractivity contribution is 14.0. The number of guanidine groups is 1. The number of rotatable bonds is 7. The molecule has 0 amide bonds. The van der Waals surface area contributed by atoms with Crippen LogP contribution >= 0.6 is 35.6 Å². The molecule has 0 aromatic carbocycles. The van der Waals surface area contributed by atoms with Gasteiger partial charge < -0.3 is 15.5 Å². The summed E-state index contributed by atoms with van der Waals surface area (Å²) in [6.45, 7) is 2.71. The first-order valence-electron chi connectivity index (χ1n) is 8.16. The molecule has 3 N–H and O–H groups in total. The third-order valence-electron chi connectivity index (χ3n) is 3.80. The Hall–Kier alpha value is -0.850. The van der Waals surface area contributed by atoms with Crippen molar-refractivity contribution in [2.75, 3.05) is 44.4 Å². The summed E-state index contributed by atoms with van der Waals surface area (Å²) in [7, 11) is -1.42. The van der Waals surface area contributed by atoms with Crippen molar-refractivity contribution in [2.24, 2.45) is 4.99 Å². The van der Waals surface area contributed by atoms with Crippen LogP contribution in [0.25, 0.3) is 0 Å². The number of hydrogen-bond acceptors (Lipinski definition) is 5. The standard InChI is InChI=1S/C15H25ClN6O2S.HI/c1-17-15(19-8-4-9-20-25(2,23)24)21-12-6-10-22(11-12)14-13(16)5-3-7-18-14;/h3,5,7,12,20H,4,6,8-11H2,1-2H3,(H2,17,19,21);1H. The largest absolute Gasteiger partial charge is 0.356 e. The molecule has 26 heavy (non-hydrogen) atoms. The van der Waals surface area contributed by atoms with Gasteiger partial charge in [0, 0.05) is 45.5 Å². The summed E-state index contributed by atoms with van der Waals surface area (Å²) in [4.78, 5) is 10.7. The van der Waals surface area contributed by atoms with Crippen molar-refractivity contribution in [3.8, 4) is 0 Å². The predicted molar refractivity (Wildman–Crippen MR) is 117 cm³/mol. The average molecular weight is 517 g/mol. The molecule has 0 aliphatic carbocycles. The second kappa shape index (κ2) is 11.1. The molecular weight excluding hydrogens is 491 g/mol. The SMILES string of the molecule is CN=C(NCCCNS(C)(=O)=O)NC1CCN(c2ncccc2Cl)C1.I. The summed E-state index contributed by atoms with van der Waals surface area (Å²) in [6, 6.07) is 3.91. The van der Waals surface area contributed by atoms with E-state index in [9.17, 15) is 8.42 Å². The van der Waals surface area contributed by atoms with Crippen molar-refractivity contribution in [3.05, 3.63) is 23.4 Å². The highest BCUT2D eigenvalue weighted by Gasteiger charge is 2.25. The Morgan fingerprint density at radius 2 is 2.23 bits per heavy atom. The number of aliphatic imine (C=N–C) groups is 1. The van der Waals surface area contributed by atoms with Gasteiger partial charge in [-0.15, -0.1) is 24.0 Å². The molecule has 1 saturated heterocycles. The molecular formula is C15H26ClIN6O2S. The predicted octanol–water partition coefficient (Wildman–Crippen LogP) is 1.04. The molecule has 1 aliphatic rings. The Labute approximate surface area is 177 Å². The number of aromatic nitrogens is 1. The van der Waals surface area contributed by atoms with Gasteiger partial charge in [-0.3, -0.25) is 4.99 Å². The van der Waals surface area contributed by atoms with Crippen molar-refractivity contribution in [3.63, 3.8) is 0 Å². The highest BCUT2D eigenvalue weighted by atomic mass is 127. The second-order valence-corrected chi connectivity index (χ2v) is 8.14. The third-order valence-corrected chi connectivity index (χ3v) is 4.83. The number of nitrogens with zero attached hydrogens (tertiary/aromatic N) is 3. The zero-order valence-electron chi connectivity index (χ0n) is 14.9. The molecule has 1 aromatic heterocycles. The maximum atomic E-state index is 11.0. The van der Waals surface area contributed by atoms with E-state index in [1.54, 1.807) is 13.2 Å². The second-order valence-electron chi connectivity index (χ2n) is 5.90. The summed E-state index contributed by atoms with van der Waals surface area (Å²) < 4.78 is 24.5. The lowest BCUT2D eigenvalue weighted by molar-refractivity contribution is 0.583. The Bertz CT molecular complexity index is 703. The van der Waals surface area contributed by atoms with E-state index in [1.165, 1.54) is 0 Å². The normalized spacial score (nSPS) is 17.7. The van der Waals surface area contributed by atoms with E-state index in [0.29, 0.717) is 30.5 Å². The van der Waals surface area contributed by atoms with E-state index in [4.69, 9.17) is 11.6 Å². The quantitative estimate of drug-likeness (QED) is 0.217. The van der Waals surface area contributed by atoms with Gasteiger partial charge in [-0.1, -0.05) is 11.6 Å². The highest BCUT2D eigenvalue weighted by Crippen LogP contribution is 2.25. The molecule has 8 nitrogen and oxygen atoms in total. The first-order valence-corrected chi connectivity index (χ1v) is 10.4. The lowest BCUT2D eigenvalue weighted by Gasteiger charge is -2.20. The van der Waals surface area contributed by atoms with Crippen LogP contribution in [0, 0.1) is 0 Å². The number of anilines is 1. The van der Waals surface area contributed by atoms with Crippen LogP contribution < -0.4 is 20.3 Å². The first-order chi connectivity index (χ1) is 11.9. The van der Waals surface area contributed by atoms with Crippen LogP contribution in [0.5, 0.6) is 0 Å². The fraction of sp³-hybridized carbons (Fsp3) is 0.600. The number of hydrogen-bond donors (Lipinski definition) is 3. The fourth-order valence-electron chi connectivity index (χ4n) is 2.62. The van der Waals surface area contributed by atoms with Crippen LogP contribution in [0.4, 0.5) is 5.82 Å². The van der Waals surface area contributed by atoms with Gasteiger partial charge in [0.15, 0.2) is 5.96 Å². The summed E-state index contributed by atoms with van der Waals surface area (Å²) in [5.74, 6) is 1.52. The monoisotopic (exact) mass is 516 g/mol. The lowest BCUT2D eigenvalue weighted by Crippen LogP contribution is -2.45. The van der Waals surface area contributed by atoms with E-state index < -0.39 is 10.0 Å². The zero-order chi connectivity index (χ0) is 18.3. The van der Waals surface area contributed by atoms with Crippen molar-refractivity contribution in [2.45, 2.75) is 18.9 Å². The van der Waals surface area contributed by atoms with Gasteiger partial charge in [0.1, 0.15) is 5.82 Å². The minimum absolute atomic E-state index is 0. The molecule has 1 fully saturated rings. The molecule has 1 aromatic rings. The number of sulfonamides is 1. The fourth-order valence-corrected chi connectivity index (χ4v) is 3.38. The molecule has 0 saturated carbocycles. The molecule has 2 rings (SSSR count). The maximum absolute atomic E-state index is 11.0. The van der Waals surface area contributed by atoms with E-state index in [-0.39, 0.29) is 30.0 Å². The maximum Gasteiger partial charge on any atom is 0.208 e. The summed E-state index contributed by atoms with van der Waals surface area (Å²) in [5, 5.41) is 7.23. The number of halogens is 2. The zero-order valence-corrected chi connectivity index (χ0v) is 18.8. The molecule has 1 unspecified atom stereocenters. The number of pyridine rings is 1. The van der Waals surface area contributed by atoms with Gasteiger partial charge >= 0.3 is 0 Å². The molecule has 1 aliphatic heterocycles. The third kappa shape index (κ3) is 7.80. The van der Waals surface area contributed by atoms with E-state index >= 15 is 0 Å². The molecule has 148 valence electrons. The molecule has 0 radical (unpaired) electrons. The van der Waals surface area contributed by atoms with Crippen molar-refractivity contribution >= 4 is 57.4 Å². The minimum atomic E-state index is -3.13. The van der Waals surface area contributed by atoms with E-state index in [1.807, 2.05) is 12.1 Å². The molecule has 0 spiro atoms. The smallest absolute Gasteiger partial charge is 0.208 e. The lowest BCUT2D eigenvalue weighted by atomic mass is 10.3. The van der Waals surface area contributed by atoms with Crippen molar-refractivity contribution < 1.29 is 8.42 Å². The van der Waals surface area contributed by atoms with Gasteiger partial charge in [-0.05, 0) is 25.0 Å². The summed E-state index contributed by atoms with van der Waals surface area (Å²) in [6.07, 6.45) is 4.53. The Morgan fingerprint density at radius 3 is 2.88 bits per heavy atom. The molecule has 0 bridgehead atoms. The average Bonchev–Trinajstić information content (AvgIpc) is 3.01. The van der Waals surface area contributed by atoms with E-state index in [2.05, 4.69) is 30.2 Å². The van der Waals surface area contributed by atoms with Gasteiger partial charge in [0.05, 0.1) is 11.3 Å². The summed E-state index contributed by atoms with van der Waals surface area (Å²) >= 11 is 6.21. The van der Waals surface area contributed by atoms with Crippen LogP contribution in [0.15, 0.2) is 23.3 Å². The van der Waals surface area contributed by atoms with Crippen molar-refractivity contribution in [1.29, 1.82) is 0 Å². The van der Waals surface area contributed by atoms with Crippen LogP contribution in [-0.2, 0) is 10.0 Å². The Kier molecular flexibility index (Phi) is 9.90. The van der Waals surface area contributed by atoms with Crippen LogP contribution in [0.3, 0.4) is 0 Å². The van der Waals surface area contributed by atoms with Crippen LogP contribution in [-0.4, -0.2) is 64.9 Å². The minimum Gasteiger partial charge on any atom is -0.356 e. The van der Waals surface area contributed by atoms with Gasteiger partial charge in [-0.25, -0.2) is 18.1 Å².